The summed E-state index contributed by atoms with van der Waals surface area (Å²) in [6.07, 6.45) is 6.35. The standard InChI is InChI=1S/C26H29N3O5S2/c1-18-7-4-5-9-21(18)23-15-19(17-34-20-8-6-13-27-16-20)10-11-22(23)25(30)28-24(12-14-35-2)26(31)29-36(3,32)33/h4-11,13,15-16,24H,12,14,17H2,1-3H3,(H,28,30)(H,29,31). The van der Waals surface area contributed by atoms with Gasteiger partial charge in [0.1, 0.15) is 18.4 Å². The molecule has 0 spiro atoms. The van der Waals surface area contributed by atoms with Crippen molar-refractivity contribution >= 4 is 33.6 Å². The maximum atomic E-state index is 13.4. The highest BCUT2D eigenvalue weighted by Crippen LogP contribution is 2.29. The number of carbonyl (C=O) groups is 2. The summed E-state index contributed by atoms with van der Waals surface area (Å²) in [5.74, 6) is -0.0379. The lowest BCUT2D eigenvalue weighted by Gasteiger charge is -2.20. The van der Waals surface area contributed by atoms with Gasteiger partial charge in [-0.05, 0) is 71.9 Å². The Bertz CT molecular complexity index is 1310. The molecule has 3 aromatic rings. The Labute approximate surface area is 215 Å². The van der Waals surface area contributed by atoms with Crippen LogP contribution >= 0.6 is 11.8 Å². The molecule has 0 aliphatic heterocycles. The molecule has 8 nitrogen and oxygen atoms in total. The Morgan fingerprint density at radius 1 is 1.08 bits per heavy atom. The highest BCUT2D eigenvalue weighted by atomic mass is 32.2. The van der Waals surface area contributed by atoms with Crippen LogP contribution in [0.2, 0.25) is 0 Å². The summed E-state index contributed by atoms with van der Waals surface area (Å²) in [5.41, 5.74) is 3.75. The molecule has 0 saturated carbocycles. The molecule has 0 aliphatic rings. The van der Waals surface area contributed by atoms with Crippen LogP contribution in [-0.2, 0) is 21.4 Å². The van der Waals surface area contributed by atoms with Crippen molar-refractivity contribution in [3.8, 4) is 16.9 Å². The number of hydrogen-bond donors (Lipinski definition) is 2. The van der Waals surface area contributed by atoms with Crippen molar-refractivity contribution in [2.24, 2.45) is 0 Å². The molecule has 10 heteroatoms. The first-order valence-corrected chi connectivity index (χ1v) is 14.5. The van der Waals surface area contributed by atoms with E-state index in [1.165, 1.54) is 11.8 Å². The van der Waals surface area contributed by atoms with Gasteiger partial charge in [0.25, 0.3) is 11.8 Å². The van der Waals surface area contributed by atoms with Crippen LogP contribution in [0.1, 0.15) is 27.9 Å². The van der Waals surface area contributed by atoms with Gasteiger partial charge in [0.15, 0.2) is 0 Å². The third-order valence-electron chi connectivity index (χ3n) is 5.32. The van der Waals surface area contributed by atoms with Crippen LogP contribution in [0, 0.1) is 6.92 Å². The lowest BCUT2D eigenvalue weighted by atomic mass is 9.93. The van der Waals surface area contributed by atoms with E-state index in [4.69, 9.17) is 4.74 Å². The molecule has 0 radical (unpaired) electrons. The van der Waals surface area contributed by atoms with Crippen LogP contribution in [-0.4, -0.2) is 49.5 Å². The number of amides is 2. The van der Waals surface area contributed by atoms with Crippen LogP contribution in [0.15, 0.2) is 67.0 Å². The summed E-state index contributed by atoms with van der Waals surface area (Å²) in [6.45, 7) is 2.23. The van der Waals surface area contributed by atoms with Gasteiger partial charge in [0, 0.05) is 11.8 Å². The first-order chi connectivity index (χ1) is 17.2. The summed E-state index contributed by atoms with van der Waals surface area (Å²) in [7, 11) is -3.76. The van der Waals surface area contributed by atoms with Crippen LogP contribution in [0.3, 0.4) is 0 Å². The maximum absolute atomic E-state index is 13.4. The fourth-order valence-electron chi connectivity index (χ4n) is 3.57. The van der Waals surface area contributed by atoms with Crippen LogP contribution in [0.4, 0.5) is 0 Å². The molecule has 1 unspecified atom stereocenters. The third-order valence-corrected chi connectivity index (χ3v) is 6.54. The van der Waals surface area contributed by atoms with E-state index in [0.29, 0.717) is 22.6 Å². The quantitative estimate of drug-likeness (QED) is 0.392. The zero-order chi connectivity index (χ0) is 26.1. The minimum Gasteiger partial charge on any atom is -0.487 e. The molecule has 0 saturated heterocycles. The fraction of sp³-hybridized carbons (Fsp3) is 0.269. The van der Waals surface area contributed by atoms with Crippen molar-refractivity contribution in [3.05, 3.63) is 83.7 Å². The summed E-state index contributed by atoms with van der Waals surface area (Å²) < 4.78 is 31.0. The number of thioether (sulfide) groups is 1. The lowest BCUT2D eigenvalue weighted by molar-refractivity contribution is -0.121. The van der Waals surface area contributed by atoms with E-state index in [9.17, 15) is 18.0 Å². The molecule has 1 aromatic heterocycles. The topological polar surface area (TPSA) is 114 Å². The van der Waals surface area contributed by atoms with Gasteiger partial charge >= 0.3 is 0 Å². The molecular formula is C26H29N3O5S2. The van der Waals surface area contributed by atoms with Gasteiger partial charge in [-0.3, -0.25) is 19.3 Å². The predicted octanol–water partition coefficient (Wildman–Crippen LogP) is 3.56. The van der Waals surface area contributed by atoms with E-state index >= 15 is 0 Å². The van der Waals surface area contributed by atoms with Crippen molar-refractivity contribution in [3.63, 3.8) is 0 Å². The molecule has 1 atom stereocenters. The second kappa shape index (κ2) is 12.5. The number of sulfonamides is 1. The number of aromatic nitrogens is 1. The van der Waals surface area contributed by atoms with E-state index in [2.05, 4.69) is 10.3 Å². The van der Waals surface area contributed by atoms with Gasteiger partial charge in [-0.1, -0.05) is 30.3 Å². The Morgan fingerprint density at radius 2 is 1.86 bits per heavy atom. The van der Waals surface area contributed by atoms with E-state index < -0.39 is 27.9 Å². The van der Waals surface area contributed by atoms with Crippen LogP contribution in [0.5, 0.6) is 5.75 Å². The van der Waals surface area contributed by atoms with Gasteiger partial charge in [-0.15, -0.1) is 0 Å². The number of ether oxygens (including phenoxy) is 1. The van der Waals surface area contributed by atoms with Crippen molar-refractivity contribution < 1.29 is 22.7 Å². The van der Waals surface area contributed by atoms with Crippen molar-refractivity contribution in [2.45, 2.75) is 26.0 Å². The van der Waals surface area contributed by atoms with Crippen LogP contribution < -0.4 is 14.8 Å². The molecule has 0 bridgehead atoms. The Balaban J connectivity index is 1.92. The normalized spacial score (nSPS) is 12.0. The summed E-state index contributed by atoms with van der Waals surface area (Å²) >= 11 is 1.50. The van der Waals surface area contributed by atoms with E-state index in [1.807, 2.05) is 54.3 Å². The Kier molecular flexibility index (Phi) is 9.49. The van der Waals surface area contributed by atoms with Gasteiger partial charge in [-0.25, -0.2) is 8.42 Å². The number of hydrogen-bond acceptors (Lipinski definition) is 7. The van der Waals surface area contributed by atoms with Gasteiger partial charge < -0.3 is 10.1 Å². The minimum atomic E-state index is -3.76. The maximum Gasteiger partial charge on any atom is 0.256 e. The van der Waals surface area contributed by atoms with Crippen molar-refractivity contribution in [1.29, 1.82) is 0 Å². The monoisotopic (exact) mass is 527 g/mol. The number of nitrogens with zero attached hydrogens (tertiary/aromatic N) is 1. The summed E-state index contributed by atoms with van der Waals surface area (Å²) in [6, 6.07) is 15.7. The smallest absolute Gasteiger partial charge is 0.256 e. The molecule has 3 rings (SSSR count). The summed E-state index contributed by atoms with van der Waals surface area (Å²) in [5, 5.41) is 2.73. The number of aryl methyl sites for hydroxylation is 1. The number of pyridine rings is 1. The zero-order valence-corrected chi connectivity index (χ0v) is 22.0. The molecule has 1 heterocycles. The van der Waals surface area contributed by atoms with Crippen LogP contribution in [0.25, 0.3) is 11.1 Å². The summed E-state index contributed by atoms with van der Waals surface area (Å²) in [4.78, 5) is 30.0. The molecule has 2 N–H and O–H groups in total. The third kappa shape index (κ3) is 7.82. The molecular weight excluding hydrogens is 498 g/mol. The second-order valence-corrected chi connectivity index (χ2v) is 11.0. The lowest BCUT2D eigenvalue weighted by Crippen LogP contribution is -2.48. The molecule has 2 aromatic carbocycles. The molecule has 36 heavy (non-hydrogen) atoms. The van der Waals surface area contributed by atoms with Crippen molar-refractivity contribution in [2.75, 3.05) is 18.3 Å². The molecule has 0 fully saturated rings. The van der Waals surface area contributed by atoms with Gasteiger partial charge in [0.05, 0.1) is 12.5 Å². The Morgan fingerprint density at radius 3 is 2.53 bits per heavy atom. The van der Waals surface area contributed by atoms with E-state index in [0.717, 1.165) is 22.9 Å². The number of carbonyl (C=O) groups excluding carboxylic acids is 2. The molecule has 0 aliphatic carbocycles. The van der Waals surface area contributed by atoms with Gasteiger partial charge in [-0.2, -0.15) is 11.8 Å². The first-order valence-electron chi connectivity index (χ1n) is 11.2. The highest BCUT2D eigenvalue weighted by Gasteiger charge is 2.25. The van der Waals surface area contributed by atoms with Gasteiger partial charge in [0.2, 0.25) is 10.0 Å². The highest BCUT2D eigenvalue weighted by molar-refractivity contribution is 7.98. The average Bonchev–Trinajstić information content (AvgIpc) is 2.85. The molecule has 190 valence electrons. The second-order valence-electron chi connectivity index (χ2n) is 8.22. The number of benzene rings is 2. The SMILES string of the molecule is CSCCC(NC(=O)c1ccc(COc2cccnc2)cc1-c1ccccc1C)C(=O)NS(C)(=O)=O. The Hall–Kier alpha value is -3.37. The van der Waals surface area contributed by atoms with E-state index in [1.54, 1.807) is 30.6 Å². The molecule has 2 amide bonds. The van der Waals surface area contributed by atoms with E-state index in [-0.39, 0.29) is 13.0 Å². The number of nitrogens with one attached hydrogen (secondary N) is 2. The largest absolute Gasteiger partial charge is 0.487 e. The number of rotatable bonds is 11. The minimum absolute atomic E-state index is 0.277. The zero-order valence-electron chi connectivity index (χ0n) is 20.4. The van der Waals surface area contributed by atoms with Crippen molar-refractivity contribution in [1.82, 2.24) is 15.0 Å². The average molecular weight is 528 g/mol. The fourth-order valence-corrected chi connectivity index (χ4v) is 4.55. The predicted molar refractivity (Wildman–Crippen MR) is 142 cm³/mol. The first kappa shape index (κ1) is 27.2.